The van der Waals surface area contributed by atoms with Crippen LogP contribution in [0, 0.1) is 0 Å². The van der Waals surface area contributed by atoms with Gasteiger partial charge in [0, 0.05) is 0 Å². The van der Waals surface area contributed by atoms with Gasteiger partial charge in [0.05, 0.1) is 0 Å². The Hall–Kier alpha value is -0.0800. The Morgan fingerprint density at radius 3 is 1.40 bits per heavy atom. The Morgan fingerprint density at radius 1 is 1.10 bits per heavy atom. The monoisotopic (exact) mass is 146 g/mol. The molecule has 0 aliphatic carbocycles. The van der Waals surface area contributed by atoms with E-state index in [0.29, 0.717) is 0 Å². The molecular weight excluding hydrogens is 124 g/mol. The Morgan fingerprint density at radius 2 is 1.40 bits per heavy atom. The number of hydrogen-bond acceptors (Lipinski definition) is 2. The summed E-state index contributed by atoms with van der Waals surface area (Å²) in [4.78, 5) is 2.25. The molecule has 0 aromatic heterocycles. The molecule has 0 bridgehead atoms. The molecule has 10 heavy (non-hydrogen) atoms. The van der Waals surface area contributed by atoms with E-state index < -0.39 is 0 Å². The summed E-state index contributed by atoms with van der Waals surface area (Å²) in [7, 11) is 4.04. The molecule has 0 aromatic carbocycles. The second-order valence-corrected chi connectivity index (χ2v) is 2.20. The summed E-state index contributed by atoms with van der Waals surface area (Å²) in [6, 6.07) is 0. The zero-order valence-electron chi connectivity index (χ0n) is 8.07. The molecule has 0 aliphatic rings. The Bertz CT molecular complexity index is 40.5. The van der Waals surface area contributed by atoms with Crippen LogP contribution in [0.2, 0.25) is 0 Å². The van der Waals surface area contributed by atoms with E-state index in [9.17, 15) is 0 Å². The molecule has 2 nitrogen and oxygen atoms in total. The molecule has 1 N–H and O–H groups in total. The third kappa shape index (κ3) is 15.7. The lowest BCUT2D eigenvalue weighted by Gasteiger charge is -2.07. The molecule has 0 aliphatic heterocycles. The fourth-order valence-corrected chi connectivity index (χ4v) is 0.224. The van der Waals surface area contributed by atoms with Gasteiger partial charge < -0.3 is 10.2 Å². The minimum atomic E-state index is 1.07. The van der Waals surface area contributed by atoms with Gasteiger partial charge in [-0.1, -0.05) is 20.8 Å². The van der Waals surface area contributed by atoms with Crippen LogP contribution < -0.4 is 5.32 Å². The molecule has 0 heterocycles. The van der Waals surface area contributed by atoms with Gasteiger partial charge in [-0.25, -0.2) is 0 Å². The van der Waals surface area contributed by atoms with Crippen LogP contribution in [0.25, 0.3) is 0 Å². The summed E-state index contributed by atoms with van der Waals surface area (Å²) in [5, 5.41) is 2.93. The van der Waals surface area contributed by atoms with Gasteiger partial charge in [0.1, 0.15) is 0 Å². The van der Waals surface area contributed by atoms with Gasteiger partial charge in [0.25, 0.3) is 0 Å². The van der Waals surface area contributed by atoms with E-state index in [0.717, 1.165) is 19.6 Å². The van der Waals surface area contributed by atoms with E-state index in [2.05, 4.69) is 38.0 Å². The summed E-state index contributed by atoms with van der Waals surface area (Å²) in [6.07, 6.45) is 0. The first-order valence-corrected chi connectivity index (χ1v) is 4.05. The van der Waals surface area contributed by atoms with E-state index in [1.165, 1.54) is 0 Å². The van der Waals surface area contributed by atoms with Crippen molar-refractivity contribution in [3.8, 4) is 0 Å². The van der Waals surface area contributed by atoms with Crippen molar-refractivity contribution in [3.63, 3.8) is 0 Å². The maximum absolute atomic E-state index is 2.93. The fourth-order valence-electron chi connectivity index (χ4n) is 0.224. The van der Waals surface area contributed by atoms with Gasteiger partial charge in [0.15, 0.2) is 0 Å². The van der Waals surface area contributed by atoms with Crippen molar-refractivity contribution in [2.75, 3.05) is 33.7 Å². The van der Waals surface area contributed by atoms with Crippen LogP contribution in [0.3, 0.4) is 0 Å². The number of nitrogens with one attached hydrogen (secondary N) is 1. The molecule has 0 amide bonds. The minimum absolute atomic E-state index is 1.07. The van der Waals surface area contributed by atoms with E-state index in [1.54, 1.807) is 0 Å². The highest BCUT2D eigenvalue weighted by Gasteiger charge is 1.81. The van der Waals surface area contributed by atoms with E-state index in [-0.39, 0.29) is 0 Å². The lowest BCUT2D eigenvalue weighted by molar-refractivity contribution is 0.373. The third-order valence-electron chi connectivity index (χ3n) is 1.43. The average molecular weight is 146 g/mol. The van der Waals surface area contributed by atoms with Crippen LogP contribution in [0.1, 0.15) is 20.8 Å². The highest BCUT2D eigenvalue weighted by Crippen LogP contribution is 1.73. The van der Waals surface area contributed by atoms with Crippen molar-refractivity contribution in [2.45, 2.75) is 20.8 Å². The van der Waals surface area contributed by atoms with Crippen LogP contribution >= 0.6 is 0 Å². The summed E-state index contributed by atoms with van der Waals surface area (Å²) in [5.41, 5.74) is 0. The summed E-state index contributed by atoms with van der Waals surface area (Å²) >= 11 is 0. The van der Waals surface area contributed by atoms with Gasteiger partial charge in [-0.3, -0.25) is 0 Å². The SMILES string of the molecule is CCN(C)CC.CCNC. The molecule has 2 heteroatoms. The Balaban J connectivity index is 0. The second-order valence-electron chi connectivity index (χ2n) is 2.20. The maximum Gasteiger partial charge on any atom is -0.00504 e. The van der Waals surface area contributed by atoms with Crippen LogP contribution in [-0.4, -0.2) is 38.6 Å². The Kier molecular flexibility index (Phi) is 14.7. The zero-order chi connectivity index (χ0) is 8.41. The van der Waals surface area contributed by atoms with Crippen LogP contribution in [0.5, 0.6) is 0 Å². The Labute approximate surface area is 65.6 Å². The van der Waals surface area contributed by atoms with Crippen molar-refractivity contribution >= 4 is 0 Å². The van der Waals surface area contributed by atoms with E-state index in [1.807, 2.05) is 7.05 Å². The fraction of sp³-hybridized carbons (Fsp3) is 1.00. The average Bonchev–Trinajstić information content (AvgIpc) is 2.03. The minimum Gasteiger partial charge on any atom is -0.320 e. The van der Waals surface area contributed by atoms with E-state index >= 15 is 0 Å². The normalized spacial score (nSPS) is 9.00. The molecule has 64 valence electrons. The number of hydrogen-bond donors (Lipinski definition) is 1. The van der Waals surface area contributed by atoms with Crippen LogP contribution in [0.4, 0.5) is 0 Å². The van der Waals surface area contributed by atoms with Crippen molar-refractivity contribution in [2.24, 2.45) is 0 Å². The molecule has 0 saturated heterocycles. The molecule has 0 aromatic rings. The van der Waals surface area contributed by atoms with Gasteiger partial charge in [0.2, 0.25) is 0 Å². The predicted molar refractivity (Wildman–Crippen MR) is 48.4 cm³/mol. The number of nitrogens with zero attached hydrogens (tertiary/aromatic N) is 1. The molecule has 0 rings (SSSR count). The quantitative estimate of drug-likeness (QED) is 0.643. The summed E-state index contributed by atoms with van der Waals surface area (Å²) in [6.45, 7) is 9.78. The summed E-state index contributed by atoms with van der Waals surface area (Å²) in [5.74, 6) is 0. The molecule has 0 unspecified atom stereocenters. The van der Waals surface area contributed by atoms with Gasteiger partial charge in [-0.2, -0.15) is 0 Å². The number of rotatable bonds is 3. The topological polar surface area (TPSA) is 15.3 Å². The van der Waals surface area contributed by atoms with Gasteiger partial charge in [-0.05, 0) is 33.7 Å². The second kappa shape index (κ2) is 11.7. The van der Waals surface area contributed by atoms with Crippen LogP contribution in [0.15, 0.2) is 0 Å². The summed E-state index contributed by atoms with van der Waals surface area (Å²) < 4.78 is 0. The maximum atomic E-state index is 2.93. The molecule has 0 atom stereocenters. The molecule has 0 fully saturated rings. The van der Waals surface area contributed by atoms with Crippen molar-refractivity contribution < 1.29 is 0 Å². The first-order chi connectivity index (χ1) is 4.72. The first kappa shape index (κ1) is 12.6. The molecular formula is C8H22N2. The zero-order valence-corrected chi connectivity index (χ0v) is 8.07. The third-order valence-corrected chi connectivity index (χ3v) is 1.43. The lowest BCUT2D eigenvalue weighted by atomic mass is 10.6. The standard InChI is InChI=1S/C5H13N.C3H9N/c1-4-6(3)5-2;1-3-4-2/h4-5H2,1-3H3;4H,3H2,1-2H3. The smallest absolute Gasteiger partial charge is 0.00504 e. The molecule has 0 radical (unpaired) electrons. The highest BCUT2D eigenvalue weighted by molar-refractivity contribution is 4.36. The predicted octanol–water partition coefficient (Wildman–Crippen LogP) is 1.18. The highest BCUT2D eigenvalue weighted by atomic mass is 15.1. The first-order valence-electron chi connectivity index (χ1n) is 4.05. The van der Waals surface area contributed by atoms with Crippen molar-refractivity contribution in [3.05, 3.63) is 0 Å². The van der Waals surface area contributed by atoms with Gasteiger partial charge >= 0.3 is 0 Å². The molecule has 0 saturated carbocycles. The molecule has 0 spiro atoms. The van der Waals surface area contributed by atoms with Crippen molar-refractivity contribution in [1.29, 1.82) is 0 Å². The lowest BCUT2D eigenvalue weighted by Crippen LogP contribution is -2.15. The van der Waals surface area contributed by atoms with E-state index in [4.69, 9.17) is 0 Å². The largest absolute Gasteiger partial charge is 0.320 e. The van der Waals surface area contributed by atoms with Crippen LogP contribution in [-0.2, 0) is 0 Å². The van der Waals surface area contributed by atoms with Crippen molar-refractivity contribution in [1.82, 2.24) is 10.2 Å². The van der Waals surface area contributed by atoms with Gasteiger partial charge in [-0.15, -0.1) is 0 Å².